The Bertz CT molecular complexity index is 470. The van der Waals surface area contributed by atoms with E-state index in [0.29, 0.717) is 13.0 Å². The number of aryl methyl sites for hydroxylation is 1. The van der Waals surface area contributed by atoms with Crippen LogP contribution >= 0.6 is 0 Å². The number of amides is 1. The van der Waals surface area contributed by atoms with Crippen LogP contribution in [0.5, 0.6) is 0 Å². The molecule has 1 heterocycles. The Hall–Kier alpha value is -1.36. The highest BCUT2D eigenvalue weighted by Gasteiger charge is 2.24. The first kappa shape index (κ1) is 15.0. The average Bonchev–Trinajstić information content (AvgIpc) is 2.82. The molecule has 0 aromatic carbocycles. The number of carbonyl (C=O) groups is 1. The number of fused-ring (bicyclic) bond motifs is 1. The predicted octanol–water partition coefficient (Wildman–Crippen LogP) is 1.43. The third-order valence-corrected chi connectivity index (χ3v) is 4.31. The first-order valence-electron chi connectivity index (χ1n) is 7.53. The summed E-state index contributed by atoms with van der Waals surface area (Å²) >= 11 is 0. The molecule has 1 aliphatic rings. The highest BCUT2D eigenvalue weighted by atomic mass is 16.3. The summed E-state index contributed by atoms with van der Waals surface area (Å²) in [6, 6.07) is 0. The maximum absolute atomic E-state index is 12.2. The Morgan fingerprint density at radius 2 is 2.25 bits per heavy atom. The number of carbonyl (C=O) groups excluding carboxylic acids is 1. The molecule has 2 rings (SSSR count). The van der Waals surface area contributed by atoms with Crippen LogP contribution in [0.4, 0.5) is 0 Å². The summed E-state index contributed by atoms with van der Waals surface area (Å²) in [6.07, 6.45) is 7.59. The fourth-order valence-corrected chi connectivity index (χ4v) is 2.77. The number of nitrogens with one attached hydrogen (secondary N) is 1. The van der Waals surface area contributed by atoms with E-state index in [4.69, 9.17) is 5.11 Å². The number of imidazole rings is 1. The Morgan fingerprint density at radius 3 is 2.95 bits per heavy atom. The van der Waals surface area contributed by atoms with Gasteiger partial charge >= 0.3 is 0 Å². The van der Waals surface area contributed by atoms with Crippen molar-refractivity contribution in [3.05, 3.63) is 17.7 Å². The van der Waals surface area contributed by atoms with Crippen molar-refractivity contribution >= 4 is 5.91 Å². The van der Waals surface area contributed by atoms with E-state index in [9.17, 15) is 4.79 Å². The van der Waals surface area contributed by atoms with Gasteiger partial charge in [0.15, 0.2) is 0 Å². The summed E-state index contributed by atoms with van der Waals surface area (Å²) < 4.78 is 1.97. The van der Waals surface area contributed by atoms with Gasteiger partial charge < -0.3 is 15.0 Å². The molecule has 0 saturated carbocycles. The second kappa shape index (κ2) is 6.39. The Balaban J connectivity index is 1.99. The van der Waals surface area contributed by atoms with Crippen LogP contribution in [0, 0.1) is 0 Å². The summed E-state index contributed by atoms with van der Waals surface area (Å²) in [5, 5.41) is 12.1. The minimum absolute atomic E-state index is 0.00595. The fourth-order valence-electron chi connectivity index (χ4n) is 2.77. The van der Waals surface area contributed by atoms with Gasteiger partial charge in [0.1, 0.15) is 6.54 Å². The van der Waals surface area contributed by atoms with Gasteiger partial charge in [-0.1, -0.05) is 6.92 Å². The van der Waals surface area contributed by atoms with Gasteiger partial charge in [-0.15, -0.1) is 0 Å². The molecule has 5 nitrogen and oxygen atoms in total. The molecule has 0 fully saturated rings. The Kier molecular flexibility index (Phi) is 4.81. The van der Waals surface area contributed by atoms with Crippen LogP contribution in [0.3, 0.4) is 0 Å². The summed E-state index contributed by atoms with van der Waals surface area (Å²) in [7, 11) is 0. The molecule has 1 amide bonds. The minimum Gasteiger partial charge on any atom is -0.396 e. The lowest BCUT2D eigenvalue weighted by atomic mass is 9.95. The minimum atomic E-state index is -0.327. The second-order valence-electron chi connectivity index (χ2n) is 5.91. The first-order chi connectivity index (χ1) is 9.58. The van der Waals surface area contributed by atoms with Crippen LogP contribution in [0.15, 0.2) is 6.33 Å². The smallest absolute Gasteiger partial charge is 0.240 e. The fraction of sp³-hybridized carbons (Fsp3) is 0.733. The molecule has 0 radical (unpaired) electrons. The first-order valence-corrected chi connectivity index (χ1v) is 7.53. The molecular weight excluding hydrogens is 254 g/mol. The summed E-state index contributed by atoms with van der Waals surface area (Å²) in [5.41, 5.74) is 2.04. The van der Waals surface area contributed by atoms with Gasteiger partial charge in [0.2, 0.25) is 5.91 Å². The van der Waals surface area contributed by atoms with Crippen molar-refractivity contribution in [1.82, 2.24) is 14.9 Å². The monoisotopic (exact) mass is 279 g/mol. The molecule has 0 saturated heterocycles. The van der Waals surface area contributed by atoms with Crippen LogP contribution in [0.1, 0.15) is 50.9 Å². The van der Waals surface area contributed by atoms with Gasteiger partial charge in [-0.2, -0.15) is 0 Å². The average molecular weight is 279 g/mol. The van der Waals surface area contributed by atoms with Gasteiger partial charge in [0.05, 0.1) is 12.0 Å². The lowest BCUT2D eigenvalue weighted by Gasteiger charge is -2.29. The van der Waals surface area contributed by atoms with Crippen LogP contribution in [0.25, 0.3) is 0 Å². The van der Waals surface area contributed by atoms with E-state index in [2.05, 4.69) is 10.3 Å². The van der Waals surface area contributed by atoms with E-state index in [1.807, 2.05) is 18.4 Å². The summed E-state index contributed by atoms with van der Waals surface area (Å²) in [6.45, 7) is 4.41. The summed E-state index contributed by atoms with van der Waals surface area (Å²) in [4.78, 5) is 16.6. The molecule has 1 atom stereocenters. The van der Waals surface area contributed by atoms with Gasteiger partial charge in [-0.25, -0.2) is 4.98 Å². The standard InChI is InChI=1S/C15H25N3O2/c1-3-15(2,8-9-19)17-14(20)10-18-11-16-12-6-4-5-7-13(12)18/h11,19H,3-10H2,1-2H3,(H,17,20). The van der Waals surface area contributed by atoms with E-state index >= 15 is 0 Å². The number of rotatable bonds is 6. The molecule has 0 aliphatic heterocycles. The molecule has 1 unspecified atom stereocenters. The van der Waals surface area contributed by atoms with Crippen molar-refractivity contribution in [2.75, 3.05) is 6.61 Å². The molecular formula is C15H25N3O2. The topological polar surface area (TPSA) is 67.2 Å². The molecule has 5 heteroatoms. The van der Waals surface area contributed by atoms with Crippen molar-refractivity contribution in [2.45, 2.75) is 64.5 Å². The molecule has 112 valence electrons. The Morgan fingerprint density at radius 1 is 1.50 bits per heavy atom. The lowest BCUT2D eigenvalue weighted by molar-refractivity contribution is -0.123. The number of hydrogen-bond donors (Lipinski definition) is 2. The highest BCUT2D eigenvalue weighted by Crippen LogP contribution is 2.20. The molecule has 0 spiro atoms. The van der Waals surface area contributed by atoms with E-state index in [1.165, 1.54) is 18.5 Å². The number of hydrogen-bond acceptors (Lipinski definition) is 3. The third kappa shape index (κ3) is 3.39. The number of aromatic nitrogens is 2. The summed E-state index contributed by atoms with van der Waals surface area (Å²) in [5.74, 6) is -0.00595. The quantitative estimate of drug-likeness (QED) is 0.828. The third-order valence-electron chi connectivity index (χ3n) is 4.31. The molecule has 1 aromatic heterocycles. The van der Waals surface area contributed by atoms with Crippen molar-refractivity contribution in [3.8, 4) is 0 Å². The maximum Gasteiger partial charge on any atom is 0.240 e. The van der Waals surface area contributed by atoms with Gasteiger partial charge in [0, 0.05) is 17.8 Å². The molecule has 2 N–H and O–H groups in total. The zero-order valence-corrected chi connectivity index (χ0v) is 12.5. The number of aliphatic hydroxyl groups is 1. The van der Waals surface area contributed by atoms with E-state index < -0.39 is 0 Å². The van der Waals surface area contributed by atoms with Crippen LogP contribution in [-0.2, 0) is 24.2 Å². The van der Waals surface area contributed by atoms with E-state index in [-0.39, 0.29) is 18.1 Å². The number of aliphatic hydroxyl groups excluding tert-OH is 1. The van der Waals surface area contributed by atoms with E-state index in [1.54, 1.807) is 6.33 Å². The van der Waals surface area contributed by atoms with Gasteiger partial charge in [0.25, 0.3) is 0 Å². The SMILES string of the molecule is CCC(C)(CCO)NC(=O)Cn1cnc2c1CCCC2. The van der Waals surface area contributed by atoms with Crippen molar-refractivity contribution in [2.24, 2.45) is 0 Å². The molecule has 1 aromatic rings. The lowest BCUT2D eigenvalue weighted by Crippen LogP contribution is -2.47. The zero-order chi connectivity index (χ0) is 14.6. The van der Waals surface area contributed by atoms with E-state index in [0.717, 1.165) is 25.0 Å². The van der Waals surface area contributed by atoms with Crippen molar-refractivity contribution in [3.63, 3.8) is 0 Å². The van der Waals surface area contributed by atoms with Crippen LogP contribution < -0.4 is 5.32 Å². The zero-order valence-electron chi connectivity index (χ0n) is 12.5. The Labute approximate surface area is 120 Å². The predicted molar refractivity (Wildman–Crippen MR) is 77.4 cm³/mol. The largest absolute Gasteiger partial charge is 0.396 e. The van der Waals surface area contributed by atoms with Gasteiger partial charge in [-0.3, -0.25) is 4.79 Å². The normalized spacial score (nSPS) is 17.4. The highest BCUT2D eigenvalue weighted by molar-refractivity contribution is 5.76. The number of nitrogens with zero attached hydrogens (tertiary/aromatic N) is 2. The molecule has 20 heavy (non-hydrogen) atoms. The second-order valence-corrected chi connectivity index (χ2v) is 5.91. The molecule has 1 aliphatic carbocycles. The van der Waals surface area contributed by atoms with Crippen LogP contribution in [-0.4, -0.2) is 32.7 Å². The molecule has 0 bridgehead atoms. The maximum atomic E-state index is 12.2. The van der Waals surface area contributed by atoms with Crippen LogP contribution in [0.2, 0.25) is 0 Å². The van der Waals surface area contributed by atoms with Crippen molar-refractivity contribution in [1.29, 1.82) is 0 Å². The van der Waals surface area contributed by atoms with Crippen molar-refractivity contribution < 1.29 is 9.90 Å². The van der Waals surface area contributed by atoms with Gasteiger partial charge in [-0.05, 0) is 45.4 Å².